The molecule has 0 spiro atoms. The van der Waals surface area contributed by atoms with Gasteiger partial charge in [0.05, 0.1) is 5.56 Å². The van der Waals surface area contributed by atoms with Crippen molar-refractivity contribution < 1.29 is 17.7 Å². The van der Waals surface area contributed by atoms with E-state index in [1.807, 2.05) is 0 Å². The molecule has 0 radical (unpaired) electrons. The number of phenolic OH excluding ortho intramolecular Hbond substituents is 1. The van der Waals surface area contributed by atoms with Gasteiger partial charge in [0.15, 0.2) is 5.58 Å². The molecule has 3 rings (SSSR count). The third-order valence-corrected chi connectivity index (χ3v) is 2.46. The molecule has 19 heavy (non-hydrogen) atoms. The number of hydrogen-bond donors (Lipinski definition) is 1. The lowest BCUT2D eigenvalue weighted by Crippen LogP contribution is -2.12. The fraction of sp³-hybridized carbons (Fsp3) is 0.154. The van der Waals surface area contributed by atoms with Crippen LogP contribution in [-0.2, 0) is 0 Å². The number of nitrogens with zero attached hydrogens (tertiary/aromatic N) is 4. The monoisotopic (exact) mass is 268 g/mol. The first kappa shape index (κ1) is 6.51. The summed E-state index contributed by atoms with van der Waals surface area (Å²) in [4.78, 5) is 12.0. The van der Waals surface area contributed by atoms with Crippen molar-refractivity contribution >= 4 is 17.0 Å². The molecule has 6 heteroatoms. The van der Waals surface area contributed by atoms with E-state index in [4.69, 9.17) is 12.6 Å². The van der Waals surface area contributed by atoms with Gasteiger partial charge in [-0.05, 0) is 12.1 Å². The van der Waals surface area contributed by atoms with Crippen molar-refractivity contribution in [1.29, 1.82) is 0 Å². The van der Waals surface area contributed by atoms with E-state index in [1.54, 1.807) is 6.07 Å². The van der Waals surface area contributed by atoms with Gasteiger partial charge >= 0.3 is 0 Å². The van der Waals surface area contributed by atoms with Gasteiger partial charge in [0, 0.05) is 40.6 Å². The van der Waals surface area contributed by atoms with Crippen LogP contribution in [0.5, 0.6) is 5.75 Å². The fourth-order valence-corrected chi connectivity index (χ4v) is 1.58. The first-order valence-electron chi connectivity index (χ1n) is 8.28. The number of oxazole rings is 1. The second-order valence-electron chi connectivity index (χ2n) is 3.78. The number of aromatic hydroxyl groups is 1. The highest BCUT2D eigenvalue weighted by atomic mass is 16.3. The molecule has 1 aromatic carbocycles. The van der Waals surface area contributed by atoms with Crippen molar-refractivity contribution in [3.63, 3.8) is 0 Å². The summed E-state index contributed by atoms with van der Waals surface area (Å²) >= 11 is 0. The Kier molecular flexibility index (Phi) is 1.45. The summed E-state index contributed by atoms with van der Waals surface area (Å²) in [6.45, 7) is -5.86. The quantitative estimate of drug-likeness (QED) is 0.766. The Hall–Kier alpha value is -2.63. The van der Waals surface area contributed by atoms with Crippen LogP contribution in [0.25, 0.3) is 22.6 Å². The van der Waals surface area contributed by atoms with E-state index in [1.165, 1.54) is 24.5 Å². The standard InChI is InChI=1S/C13H12N4O2/c1-17(2)13-14-6-8(7-15-13)12-16-10-4-3-9(18)5-11(10)19-12/h3-7,18H,1-2H3/i1T3,2T3. The van der Waals surface area contributed by atoms with Gasteiger partial charge in [0.2, 0.25) is 11.8 Å². The van der Waals surface area contributed by atoms with Crippen molar-refractivity contribution in [2.24, 2.45) is 0 Å². The van der Waals surface area contributed by atoms with Crippen LogP contribution in [0.4, 0.5) is 5.95 Å². The van der Waals surface area contributed by atoms with Gasteiger partial charge in [0.25, 0.3) is 0 Å². The molecule has 0 aliphatic carbocycles. The van der Waals surface area contributed by atoms with E-state index in [0.29, 0.717) is 16.7 Å². The number of fused-ring (bicyclic) bond motifs is 1. The van der Waals surface area contributed by atoms with E-state index < -0.39 is 19.9 Å². The van der Waals surface area contributed by atoms with Crippen LogP contribution < -0.4 is 4.90 Å². The van der Waals surface area contributed by atoms with Gasteiger partial charge in [-0.3, -0.25) is 0 Å². The van der Waals surface area contributed by atoms with Crippen molar-refractivity contribution in [3.8, 4) is 17.2 Å². The molecule has 0 bridgehead atoms. The minimum absolute atomic E-state index is 0.0211. The Morgan fingerprint density at radius 2 is 2.05 bits per heavy atom. The molecule has 96 valence electrons. The van der Waals surface area contributed by atoms with E-state index >= 15 is 0 Å². The average Bonchev–Trinajstić information content (AvgIpc) is 2.88. The normalized spacial score (nSPS) is 16.8. The van der Waals surface area contributed by atoms with Crippen molar-refractivity contribution in [2.45, 2.75) is 0 Å². The first-order valence-corrected chi connectivity index (χ1v) is 5.28. The zero-order chi connectivity index (χ0) is 18.4. The van der Waals surface area contributed by atoms with Crippen LogP contribution in [0.3, 0.4) is 0 Å². The van der Waals surface area contributed by atoms with E-state index in [2.05, 4.69) is 15.0 Å². The molecule has 0 saturated heterocycles. The summed E-state index contributed by atoms with van der Waals surface area (Å²) in [5.41, 5.74) is 1.18. The number of benzene rings is 1. The van der Waals surface area contributed by atoms with Crippen LogP contribution in [-0.4, -0.2) is 34.0 Å². The van der Waals surface area contributed by atoms with Crippen LogP contribution >= 0.6 is 0 Å². The molecular weight excluding hydrogens is 244 g/mol. The Labute approximate surface area is 117 Å². The molecular formula is C13H12N4O2. The largest absolute Gasteiger partial charge is 0.508 e. The van der Waals surface area contributed by atoms with Crippen molar-refractivity contribution in [1.82, 2.24) is 15.0 Å². The van der Waals surface area contributed by atoms with Crippen LogP contribution in [0, 0.1) is 0 Å². The third-order valence-electron chi connectivity index (χ3n) is 2.46. The predicted molar refractivity (Wildman–Crippen MR) is 71.0 cm³/mol. The van der Waals surface area contributed by atoms with Crippen LogP contribution in [0.1, 0.15) is 8.22 Å². The zero-order valence-corrected chi connectivity index (χ0v) is 9.53. The smallest absolute Gasteiger partial charge is 0.230 e. The zero-order valence-electron chi connectivity index (χ0n) is 15.5. The number of rotatable bonds is 2. The minimum atomic E-state index is -2.93. The van der Waals surface area contributed by atoms with Gasteiger partial charge < -0.3 is 14.4 Å². The average molecular weight is 268 g/mol. The Bertz CT molecular complexity index is 890. The van der Waals surface area contributed by atoms with Gasteiger partial charge in [-0.1, -0.05) is 0 Å². The lowest BCUT2D eigenvalue weighted by Gasteiger charge is -2.08. The topological polar surface area (TPSA) is 75.3 Å². The summed E-state index contributed by atoms with van der Waals surface area (Å²) in [5.74, 6) is -0.285. The summed E-state index contributed by atoms with van der Waals surface area (Å²) in [6.07, 6.45) is 2.44. The highest BCUT2D eigenvalue weighted by molar-refractivity contribution is 5.77. The maximum atomic E-state index is 9.44. The number of aromatic nitrogens is 3. The van der Waals surface area contributed by atoms with Crippen molar-refractivity contribution in [3.05, 3.63) is 30.6 Å². The molecule has 6 nitrogen and oxygen atoms in total. The first-order chi connectivity index (χ1) is 11.6. The maximum absolute atomic E-state index is 9.44. The molecule has 0 aliphatic heterocycles. The number of phenols is 1. The maximum Gasteiger partial charge on any atom is 0.230 e. The summed E-state index contributed by atoms with van der Waals surface area (Å²) in [6, 6.07) is 4.42. The molecule has 0 atom stereocenters. The van der Waals surface area contributed by atoms with E-state index in [0.717, 1.165) is 0 Å². The van der Waals surface area contributed by atoms with E-state index in [9.17, 15) is 5.11 Å². The number of anilines is 1. The van der Waals surface area contributed by atoms with Gasteiger partial charge in [-0.25, -0.2) is 15.0 Å². The lowest BCUT2D eigenvalue weighted by molar-refractivity contribution is 0.474. The second-order valence-corrected chi connectivity index (χ2v) is 3.78. The SMILES string of the molecule is [3H]C([3H])([3H])N(c1ncc(-c2nc3ccc(O)cc3o2)cn1)C([3H])([3H])[3H]. The van der Waals surface area contributed by atoms with Crippen molar-refractivity contribution in [2.75, 3.05) is 18.9 Å². The second kappa shape index (κ2) is 4.24. The van der Waals surface area contributed by atoms with Gasteiger partial charge in [-0.2, -0.15) is 0 Å². The Morgan fingerprint density at radius 3 is 2.79 bits per heavy atom. The van der Waals surface area contributed by atoms with Crippen LogP contribution in [0.2, 0.25) is 0 Å². The number of hydrogen-bond acceptors (Lipinski definition) is 6. The molecule has 2 heterocycles. The fourth-order valence-electron chi connectivity index (χ4n) is 1.58. The molecule has 0 fully saturated rings. The lowest BCUT2D eigenvalue weighted by atomic mass is 10.3. The third kappa shape index (κ3) is 2.08. The molecule has 3 aromatic rings. The highest BCUT2D eigenvalue weighted by Gasteiger charge is 2.10. The molecule has 0 amide bonds. The highest BCUT2D eigenvalue weighted by Crippen LogP contribution is 2.26. The van der Waals surface area contributed by atoms with E-state index in [-0.39, 0.29) is 16.5 Å². The summed E-state index contributed by atoms with van der Waals surface area (Å²) in [5, 5.41) is 9.44. The van der Waals surface area contributed by atoms with Gasteiger partial charge in [0.1, 0.15) is 11.3 Å². The summed E-state index contributed by atoms with van der Waals surface area (Å²) in [7, 11) is 0. The molecule has 1 N–H and O–H groups in total. The molecule has 0 saturated carbocycles. The summed E-state index contributed by atoms with van der Waals surface area (Å²) < 4.78 is 49.6. The minimum Gasteiger partial charge on any atom is -0.508 e. The Balaban J connectivity index is 1.98. The Morgan fingerprint density at radius 1 is 1.26 bits per heavy atom. The molecule has 0 unspecified atom stereocenters. The molecule has 0 aliphatic rings. The predicted octanol–water partition coefficient (Wildman–Crippen LogP) is 2.06. The molecule has 2 aromatic heterocycles. The van der Waals surface area contributed by atoms with Crippen LogP contribution in [0.15, 0.2) is 35.0 Å². The van der Waals surface area contributed by atoms with Gasteiger partial charge in [-0.15, -0.1) is 0 Å².